The minimum Gasteiger partial charge on any atom is -0.265 e. The lowest BCUT2D eigenvalue weighted by atomic mass is 10.0. The number of hydrogen-bond donors (Lipinski definition) is 0. The summed E-state index contributed by atoms with van der Waals surface area (Å²) in [5, 5.41) is 4.00. The van der Waals surface area contributed by atoms with Crippen molar-refractivity contribution in [2.75, 3.05) is 5.75 Å². The van der Waals surface area contributed by atoms with Crippen LogP contribution < -0.4 is 0 Å². The van der Waals surface area contributed by atoms with Crippen molar-refractivity contribution in [3.63, 3.8) is 0 Å². The van der Waals surface area contributed by atoms with Crippen molar-refractivity contribution < 1.29 is 21.8 Å². The van der Waals surface area contributed by atoms with Gasteiger partial charge in [0, 0.05) is 29.3 Å². The van der Waals surface area contributed by atoms with Crippen LogP contribution in [0.4, 0.5) is 17.6 Å². The molecule has 4 nitrogen and oxygen atoms in total. The van der Waals surface area contributed by atoms with E-state index in [1.165, 1.54) is 30.3 Å². The molecule has 0 saturated heterocycles. The highest BCUT2D eigenvalue weighted by Crippen LogP contribution is 2.39. The molecule has 0 radical (unpaired) electrons. The average Bonchev–Trinajstić information content (AvgIpc) is 3.12. The van der Waals surface area contributed by atoms with Gasteiger partial charge in [0.1, 0.15) is 16.5 Å². The maximum atomic E-state index is 13.6. The molecule has 0 bridgehead atoms. The topological polar surface area (TPSA) is 47.3 Å². The predicted molar refractivity (Wildman–Crippen MR) is 106 cm³/mol. The number of alkyl halides is 3. The summed E-state index contributed by atoms with van der Waals surface area (Å²) in [5.41, 5.74) is 1.47. The summed E-state index contributed by atoms with van der Waals surface area (Å²) in [7, 11) is -1.93. The number of fused-ring (bicyclic) bond motifs is 1. The van der Waals surface area contributed by atoms with Gasteiger partial charge in [-0.05, 0) is 54.1 Å². The van der Waals surface area contributed by atoms with Crippen molar-refractivity contribution >= 4 is 16.3 Å². The van der Waals surface area contributed by atoms with E-state index >= 15 is 0 Å². The van der Waals surface area contributed by atoms with E-state index in [9.17, 15) is 21.8 Å². The quantitative estimate of drug-likeness (QED) is 0.408. The molecule has 0 N–H and O–H groups in total. The number of nitrogens with zero attached hydrogens (tertiary/aromatic N) is 3. The zero-order chi connectivity index (χ0) is 21.5. The van der Waals surface area contributed by atoms with Crippen LogP contribution in [0.2, 0.25) is 0 Å². The lowest BCUT2D eigenvalue weighted by Gasteiger charge is -2.13. The molecule has 4 rings (SSSR count). The van der Waals surface area contributed by atoms with Crippen molar-refractivity contribution in [1.29, 1.82) is 0 Å². The maximum absolute atomic E-state index is 13.6. The fourth-order valence-electron chi connectivity index (χ4n) is 3.27. The molecule has 30 heavy (non-hydrogen) atoms. The molecule has 0 aliphatic carbocycles. The molecule has 3 heterocycles. The van der Waals surface area contributed by atoms with Gasteiger partial charge in [0.25, 0.3) is 0 Å². The predicted octanol–water partition coefficient (Wildman–Crippen LogP) is 5.35. The highest BCUT2D eigenvalue weighted by molar-refractivity contribution is 7.85. The standard InChI is InChI=1S/C21H15F4N3OS/c1-2-30(29)20-16(21(23,24)25)7-8-17-18(13-9-11-26-12-10-13)19(27-28(17)20)14-3-5-15(22)6-4-14/h3-12H,2H2,1H3. The molecular formula is C21H15F4N3OS. The van der Waals surface area contributed by atoms with Gasteiger partial charge in [0.15, 0.2) is 0 Å². The van der Waals surface area contributed by atoms with Crippen LogP contribution >= 0.6 is 0 Å². The van der Waals surface area contributed by atoms with Crippen LogP contribution in [-0.4, -0.2) is 24.6 Å². The Morgan fingerprint density at radius 1 is 0.967 bits per heavy atom. The van der Waals surface area contributed by atoms with Gasteiger partial charge in [0.2, 0.25) is 0 Å². The van der Waals surface area contributed by atoms with Gasteiger partial charge in [-0.1, -0.05) is 6.92 Å². The summed E-state index contributed by atoms with van der Waals surface area (Å²) in [4.78, 5) is 3.98. The summed E-state index contributed by atoms with van der Waals surface area (Å²) in [5.74, 6) is -0.446. The first-order valence-corrected chi connectivity index (χ1v) is 10.3. The van der Waals surface area contributed by atoms with Crippen molar-refractivity contribution in [2.45, 2.75) is 18.1 Å². The van der Waals surface area contributed by atoms with Gasteiger partial charge in [0.05, 0.1) is 21.9 Å². The average molecular weight is 433 g/mol. The summed E-state index contributed by atoms with van der Waals surface area (Å²) in [6, 6.07) is 11.2. The molecule has 4 aromatic rings. The summed E-state index contributed by atoms with van der Waals surface area (Å²) >= 11 is 0. The maximum Gasteiger partial charge on any atom is 0.419 e. The van der Waals surface area contributed by atoms with Gasteiger partial charge in [-0.25, -0.2) is 8.91 Å². The summed E-state index contributed by atoms with van der Waals surface area (Å²) < 4.78 is 68.1. The fourth-order valence-corrected chi connectivity index (χ4v) is 4.31. The van der Waals surface area contributed by atoms with Crippen molar-refractivity contribution in [1.82, 2.24) is 14.6 Å². The minimum atomic E-state index is -4.69. The molecule has 0 aliphatic heterocycles. The highest BCUT2D eigenvalue weighted by Gasteiger charge is 2.37. The van der Waals surface area contributed by atoms with Crippen molar-refractivity contribution in [2.24, 2.45) is 0 Å². The Morgan fingerprint density at radius 2 is 1.63 bits per heavy atom. The Hall–Kier alpha value is -3.07. The van der Waals surface area contributed by atoms with Crippen LogP contribution in [-0.2, 0) is 17.0 Å². The van der Waals surface area contributed by atoms with E-state index in [1.807, 2.05) is 0 Å². The SMILES string of the molecule is CCS(=O)c1c(C(F)(F)F)ccc2c(-c3ccncc3)c(-c3ccc(F)cc3)nn12. The smallest absolute Gasteiger partial charge is 0.265 e. The minimum absolute atomic E-state index is 0.00146. The Kier molecular flexibility index (Phi) is 5.15. The van der Waals surface area contributed by atoms with E-state index in [0.717, 1.165) is 10.6 Å². The molecule has 1 unspecified atom stereocenters. The van der Waals surface area contributed by atoms with E-state index in [1.54, 1.807) is 31.5 Å². The Balaban J connectivity index is 2.13. The molecule has 1 aromatic carbocycles. The molecule has 9 heteroatoms. The zero-order valence-corrected chi connectivity index (χ0v) is 16.5. The second-order valence-corrected chi connectivity index (χ2v) is 8.10. The van der Waals surface area contributed by atoms with Crippen molar-refractivity contribution in [3.8, 4) is 22.4 Å². The van der Waals surface area contributed by atoms with E-state index in [-0.39, 0.29) is 5.75 Å². The summed E-state index contributed by atoms with van der Waals surface area (Å²) in [6.45, 7) is 1.54. The van der Waals surface area contributed by atoms with E-state index < -0.39 is 33.4 Å². The van der Waals surface area contributed by atoms with E-state index in [4.69, 9.17) is 0 Å². The van der Waals surface area contributed by atoms with Crippen LogP contribution in [0.3, 0.4) is 0 Å². The van der Waals surface area contributed by atoms with Gasteiger partial charge in [-0.15, -0.1) is 0 Å². The second kappa shape index (κ2) is 7.64. The zero-order valence-electron chi connectivity index (χ0n) is 15.7. The molecule has 0 aliphatic rings. The molecule has 3 aromatic heterocycles. The van der Waals surface area contributed by atoms with E-state index in [2.05, 4.69) is 10.1 Å². The third-order valence-electron chi connectivity index (χ3n) is 4.62. The number of aromatic nitrogens is 3. The lowest BCUT2D eigenvalue weighted by molar-refractivity contribution is -0.140. The summed E-state index contributed by atoms with van der Waals surface area (Å²) in [6.07, 6.45) is -1.57. The number of halogens is 4. The third-order valence-corrected chi connectivity index (χ3v) is 5.97. The number of rotatable bonds is 4. The first-order valence-electron chi connectivity index (χ1n) is 8.99. The first kappa shape index (κ1) is 20.2. The monoisotopic (exact) mass is 433 g/mol. The fraction of sp³-hybridized carbons (Fsp3) is 0.143. The van der Waals surface area contributed by atoms with Crippen LogP contribution in [0.15, 0.2) is 66.0 Å². The van der Waals surface area contributed by atoms with Crippen LogP contribution in [0.1, 0.15) is 12.5 Å². The van der Waals surface area contributed by atoms with E-state index in [0.29, 0.717) is 27.9 Å². The van der Waals surface area contributed by atoms with Gasteiger partial charge in [-0.2, -0.15) is 18.3 Å². The number of benzene rings is 1. The van der Waals surface area contributed by atoms with Crippen LogP contribution in [0.5, 0.6) is 0 Å². The normalized spacial score (nSPS) is 13.0. The molecular weight excluding hydrogens is 418 g/mol. The van der Waals surface area contributed by atoms with Gasteiger partial charge < -0.3 is 0 Å². The molecule has 0 fully saturated rings. The Labute approximate surface area is 171 Å². The lowest BCUT2D eigenvalue weighted by Crippen LogP contribution is -2.15. The van der Waals surface area contributed by atoms with Crippen molar-refractivity contribution in [3.05, 3.63) is 72.3 Å². The Morgan fingerprint density at radius 3 is 2.23 bits per heavy atom. The third kappa shape index (κ3) is 3.49. The molecule has 154 valence electrons. The van der Waals surface area contributed by atoms with Crippen LogP contribution in [0.25, 0.3) is 27.9 Å². The Bertz CT molecular complexity index is 1240. The van der Waals surface area contributed by atoms with Crippen LogP contribution in [0, 0.1) is 5.82 Å². The largest absolute Gasteiger partial charge is 0.419 e. The number of pyridine rings is 2. The number of hydrogen-bond acceptors (Lipinski definition) is 3. The van der Waals surface area contributed by atoms with Gasteiger partial charge in [-0.3, -0.25) is 9.19 Å². The second-order valence-electron chi connectivity index (χ2n) is 6.45. The molecule has 1 atom stereocenters. The highest BCUT2D eigenvalue weighted by atomic mass is 32.2. The molecule has 0 spiro atoms. The first-order chi connectivity index (χ1) is 14.3. The molecule has 0 amide bonds. The molecule has 0 saturated carbocycles. The van der Waals surface area contributed by atoms with Gasteiger partial charge >= 0.3 is 6.18 Å².